The molecule has 0 fully saturated rings. The van der Waals surface area contributed by atoms with Crippen molar-refractivity contribution in [2.45, 2.75) is 167 Å². The fraction of sp³-hybridized carbons (Fsp3) is 0.867. The van der Waals surface area contributed by atoms with Crippen LogP contribution in [-0.4, -0.2) is 5.60 Å². The lowest BCUT2D eigenvalue weighted by Gasteiger charge is -2.37. The summed E-state index contributed by atoms with van der Waals surface area (Å²) in [6, 6.07) is 0. The maximum atomic E-state index is 5.84. The van der Waals surface area contributed by atoms with Crippen molar-refractivity contribution >= 4 is 0 Å². The molecule has 1 nitrogen and oxygen atoms in total. The Labute approximate surface area is 201 Å². The summed E-state index contributed by atoms with van der Waals surface area (Å²) in [5.74, 6) is 1.61. The Bertz CT molecular complexity index is 330. The molecule has 0 spiro atoms. The average Bonchev–Trinajstić information content (AvgIpc) is 2.74. The van der Waals surface area contributed by atoms with Crippen LogP contribution in [0.3, 0.4) is 0 Å². The molecule has 0 aromatic heterocycles. The van der Waals surface area contributed by atoms with Crippen LogP contribution in [0, 0.1) is 5.92 Å². The van der Waals surface area contributed by atoms with Gasteiger partial charge in [0, 0.05) is 5.92 Å². The van der Waals surface area contributed by atoms with E-state index in [1.54, 1.807) is 0 Å². The Morgan fingerprint density at radius 1 is 0.806 bits per heavy atom. The van der Waals surface area contributed by atoms with Crippen LogP contribution in [0.2, 0.25) is 0 Å². The minimum atomic E-state index is -0.0262. The van der Waals surface area contributed by atoms with Gasteiger partial charge in [0.25, 0.3) is 0 Å². The quantitative estimate of drug-likeness (QED) is 0.293. The molecule has 31 heavy (non-hydrogen) atoms. The van der Waals surface area contributed by atoms with E-state index < -0.39 is 0 Å². The van der Waals surface area contributed by atoms with Gasteiger partial charge >= 0.3 is 0 Å². The van der Waals surface area contributed by atoms with Gasteiger partial charge in [0.15, 0.2) is 0 Å². The van der Waals surface area contributed by atoms with Crippen LogP contribution >= 0.6 is 0 Å². The van der Waals surface area contributed by atoms with E-state index in [4.69, 9.17) is 4.74 Å². The molecule has 1 atom stereocenters. The van der Waals surface area contributed by atoms with Crippen LogP contribution in [0.25, 0.3) is 0 Å². The van der Waals surface area contributed by atoms with Crippen LogP contribution in [0.5, 0.6) is 0 Å². The Hall–Kier alpha value is -0.720. The maximum Gasteiger partial charge on any atom is 0.104 e. The molecule has 0 amide bonds. The zero-order valence-electron chi connectivity index (χ0n) is 24.8. The molecule has 0 N–H and O–H groups in total. The Balaban J connectivity index is -0.000000105. The van der Waals surface area contributed by atoms with Crippen LogP contribution in [-0.2, 0) is 4.74 Å². The first-order valence-electron chi connectivity index (χ1n) is 13.7. The Kier molecular flexibility index (Phi) is 44.4. The number of hydrogen-bond donors (Lipinski definition) is 0. The monoisotopic (exact) mass is 443 g/mol. The van der Waals surface area contributed by atoms with Crippen molar-refractivity contribution in [2.24, 2.45) is 5.92 Å². The van der Waals surface area contributed by atoms with Crippen molar-refractivity contribution in [3.63, 3.8) is 0 Å². The van der Waals surface area contributed by atoms with Gasteiger partial charge in [-0.3, -0.25) is 0 Å². The van der Waals surface area contributed by atoms with E-state index >= 15 is 0 Å². The zero-order valence-corrected chi connectivity index (χ0v) is 24.8. The van der Waals surface area contributed by atoms with Crippen LogP contribution in [0.15, 0.2) is 24.0 Å². The lowest BCUT2D eigenvalue weighted by molar-refractivity contribution is 0.00310. The largest absolute Gasteiger partial charge is 0.493 e. The second kappa shape index (κ2) is 33.9. The number of hydrogen-bond acceptors (Lipinski definition) is 1. The minimum Gasteiger partial charge on any atom is -0.493 e. The van der Waals surface area contributed by atoms with E-state index in [0.29, 0.717) is 5.92 Å². The Morgan fingerprint density at radius 3 is 1.39 bits per heavy atom. The summed E-state index contributed by atoms with van der Waals surface area (Å²) in [6.45, 7) is 33.7. The summed E-state index contributed by atoms with van der Waals surface area (Å²) in [4.78, 5) is 0. The summed E-state index contributed by atoms with van der Waals surface area (Å²) in [6.07, 6.45) is 14.8. The highest BCUT2D eigenvalue weighted by molar-refractivity contribution is 5.19. The number of ether oxygens (including phenoxy) is 1. The molecular formula is C30H66O. The van der Waals surface area contributed by atoms with E-state index in [1.165, 1.54) is 56.9 Å². The molecule has 1 heteroatoms. The molecule has 0 saturated heterocycles. The van der Waals surface area contributed by atoms with Crippen molar-refractivity contribution in [2.75, 3.05) is 0 Å². The van der Waals surface area contributed by atoms with Crippen molar-refractivity contribution in [3.8, 4) is 0 Å². The van der Waals surface area contributed by atoms with Gasteiger partial charge in [-0.2, -0.15) is 0 Å². The molecule has 0 aromatic rings. The van der Waals surface area contributed by atoms with Gasteiger partial charge in [-0.25, -0.2) is 0 Å². The molecule has 192 valence electrons. The third-order valence-corrected chi connectivity index (χ3v) is 4.16. The molecule has 0 bridgehead atoms. The lowest BCUT2D eigenvalue weighted by atomic mass is 9.83. The lowest BCUT2D eigenvalue weighted by Crippen LogP contribution is -2.32. The molecule has 1 aliphatic heterocycles. The first kappa shape index (κ1) is 40.6. The van der Waals surface area contributed by atoms with Crippen molar-refractivity contribution < 1.29 is 4.74 Å². The topological polar surface area (TPSA) is 9.23 Å². The smallest absolute Gasteiger partial charge is 0.104 e. The molecule has 1 aliphatic rings. The van der Waals surface area contributed by atoms with Gasteiger partial charge in [-0.15, -0.1) is 6.58 Å². The van der Waals surface area contributed by atoms with Gasteiger partial charge in [0.05, 0.1) is 5.76 Å². The van der Waals surface area contributed by atoms with Gasteiger partial charge in [0.1, 0.15) is 5.60 Å². The molecule has 1 rings (SSSR count). The van der Waals surface area contributed by atoms with Crippen molar-refractivity contribution in [1.82, 2.24) is 0 Å². The van der Waals surface area contributed by atoms with Crippen LogP contribution in [0.4, 0.5) is 0 Å². The molecule has 0 aliphatic carbocycles. The summed E-state index contributed by atoms with van der Waals surface area (Å²) >= 11 is 0. The highest BCUT2D eigenvalue weighted by Crippen LogP contribution is 2.37. The van der Waals surface area contributed by atoms with Gasteiger partial charge < -0.3 is 4.74 Å². The van der Waals surface area contributed by atoms with Gasteiger partial charge in [0.2, 0.25) is 0 Å². The number of allylic oxidation sites excluding steroid dienone is 3. The molecule has 0 aromatic carbocycles. The van der Waals surface area contributed by atoms with Crippen LogP contribution < -0.4 is 0 Å². The third-order valence-electron chi connectivity index (χ3n) is 4.16. The fourth-order valence-electron chi connectivity index (χ4n) is 2.67. The fourth-order valence-corrected chi connectivity index (χ4v) is 2.67. The van der Waals surface area contributed by atoms with Crippen molar-refractivity contribution in [3.05, 3.63) is 24.0 Å². The van der Waals surface area contributed by atoms with E-state index in [9.17, 15) is 0 Å². The average molecular weight is 443 g/mol. The number of unbranched alkanes of at least 4 members (excludes halogenated alkanes) is 4. The zero-order chi connectivity index (χ0) is 25.7. The minimum absolute atomic E-state index is 0.0262. The van der Waals surface area contributed by atoms with Crippen LogP contribution in [0.1, 0.15) is 161 Å². The highest BCUT2D eigenvalue weighted by Gasteiger charge is 2.31. The first-order chi connectivity index (χ1) is 14.7. The predicted octanol–water partition coefficient (Wildman–Crippen LogP) is 11.9. The molecule has 0 saturated carbocycles. The van der Waals surface area contributed by atoms with Crippen molar-refractivity contribution in [1.29, 1.82) is 0 Å². The van der Waals surface area contributed by atoms with E-state index in [-0.39, 0.29) is 5.60 Å². The molecule has 1 heterocycles. The third kappa shape index (κ3) is 34.1. The Morgan fingerprint density at radius 2 is 1.16 bits per heavy atom. The summed E-state index contributed by atoms with van der Waals surface area (Å²) in [5.41, 5.74) is 1.39. The molecule has 1 unspecified atom stereocenters. The maximum absolute atomic E-state index is 5.84. The molecule has 0 radical (unpaired) electrons. The molecular weight excluding hydrogens is 376 g/mol. The van der Waals surface area contributed by atoms with E-state index in [1.807, 2.05) is 19.9 Å². The summed E-state index contributed by atoms with van der Waals surface area (Å²) in [5, 5.41) is 0. The normalized spacial score (nSPS) is 15.4. The summed E-state index contributed by atoms with van der Waals surface area (Å²) in [7, 11) is 0. The van der Waals surface area contributed by atoms with E-state index in [0.717, 1.165) is 18.6 Å². The second-order valence-corrected chi connectivity index (χ2v) is 8.46. The number of rotatable bonds is 6. The van der Waals surface area contributed by atoms with E-state index in [2.05, 4.69) is 89.7 Å². The predicted molar refractivity (Wildman–Crippen MR) is 150 cm³/mol. The standard InChI is InChI=1S/C12H20O.C6H14.C4H10.2C3H8.C2H6/c1-6-10-8-12(4,5)13-9(3)11(10)7-2;1-3-5-6-4-2;1-3-4-2;2*1-3-2;1-2/h6,10H,1,7-8H2,2-5H3;3-6H2,1-2H3;3-4H2,1-2H3;2*3H2,1-2H3;1-2H3. The summed E-state index contributed by atoms with van der Waals surface area (Å²) < 4.78 is 5.84. The SMILES string of the molecule is C=CC1CC(C)(C)OC(C)=C1CC.CC.CCC.CCC.CCCC.CCCCCC. The first-order valence-corrected chi connectivity index (χ1v) is 13.7. The second-order valence-electron chi connectivity index (χ2n) is 8.46. The van der Waals surface area contributed by atoms with Gasteiger partial charge in [-0.05, 0) is 39.2 Å². The highest BCUT2D eigenvalue weighted by atomic mass is 16.5. The van der Waals surface area contributed by atoms with Gasteiger partial charge in [-0.1, -0.05) is 134 Å².